The van der Waals surface area contributed by atoms with Gasteiger partial charge in [0.05, 0.1) is 39.8 Å². The van der Waals surface area contributed by atoms with Crippen LogP contribution in [0.3, 0.4) is 0 Å². The van der Waals surface area contributed by atoms with Crippen LogP contribution in [0.2, 0.25) is 0 Å². The van der Waals surface area contributed by atoms with E-state index in [4.69, 9.17) is 25.7 Å². The Morgan fingerprint density at radius 1 is 0.294 bits per heavy atom. The van der Waals surface area contributed by atoms with Crippen molar-refractivity contribution in [2.24, 2.45) is 10.5 Å². The summed E-state index contributed by atoms with van der Waals surface area (Å²) in [6.45, 7) is 2.88. The molecule has 9 nitrogen and oxygen atoms in total. The van der Waals surface area contributed by atoms with Crippen LogP contribution in [0.15, 0.2) is 490 Å². The summed E-state index contributed by atoms with van der Waals surface area (Å²) in [5.74, 6) is 0. The number of nitrogens with zero attached hydrogens (tertiary/aromatic N) is 6. The number of hydrogen-bond acceptors (Lipinski definition) is 7. The monoisotopic (exact) mass is 1800 g/mol. The van der Waals surface area contributed by atoms with Crippen LogP contribution in [0, 0.1) is 0 Å². The standard InChI is InChI=1S/C39H30N3P.2C38H25N2P.C6H7N.C3H9N/c1-40-43-41-39-34(33-23-10-18-29-17-8-21-31(37(29)33)27-13-4-2-5-14-27)24-12-26-36(39)42(43)35-25-11-20-30-19-9-22-32(38(30)35)28-15-6-3-7-16-28;2*1-3-12-26(13-4-1)30-20-7-16-28-17-9-22-32(36(28)30)33-23-11-25-35-38(33)39-41-40(35)34-24-10-19-29-18-8-21-31(37(29)34)27-14-5-2-6-15-27;7-6-4-2-1-3-5-6;1-2-3-4/h2-26,36,40H,1H3;2*1-25H;1-5H,7H2;2-4H2,1H3. The van der Waals surface area contributed by atoms with Gasteiger partial charge < -0.3 is 16.1 Å². The average molecular weight is 1810 g/mol. The van der Waals surface area contributed by atoms with Gasteiger partial charge in [-0.3, -0.25) is 13.7 Å². The summed E-state index contributed by atoms with van der Waals surface area (Å²) in [7, 11) is 2.80. The summed E-state index contributed by atoms with van der Waals surface area (Å²) in [6, 6.07) is 166. The number of anilines is 2. The lowest BCUT2D eigenvalue weighted by molar-refractivity contribution is 0.932. The van der Waals surface area contributed by atoms with Crippen LogP contribution in [-0.4, -0.2) is 43.5 Å². The summed E-state index contributed by atoms with van der Waals surface area (Å²) in [5, 5.41) is 18.5. The van der Waals surface area contributed by atoms with Gasteiger partial charge in [-0.15, -0.1) is 0 Å². The SMILES string of the molecule is CCCN.CNP1N=C2C(c3cccc4cccc(-c5ccccc5)c34)=CC=CC2N1c1cccc2cccc(-c3ccccc3)c12.Nc1ccccc1.c1ccc(-c2cccc3cccc(-c4cccc5c4npn5-c4cccc5cccc(-c6ccccc6)c45)c23)cc1.c1ccc(-c2cccc3cccc(-c4cccc5c4npn5-c4cccc5cccc(-c6ccccc6)c45)c23)cc1. The van der Waals surface area contributed by atoms with Gasteiger partial charge >= 0.3 is 0 Å². The second-order valence-electron chi connectivity index (χ2n) is 33.7. The minimum atomic E-state index is -1.02. The van der Waals surface area contributed by atoms with Gasteiger partial charge in [-0.1, -0.05) is 450 Å². The number of allylic oxidation sites excluding steroid dienone is 2. The number of rotatable bonds is 14. The van der Waals surface area contributed by atoms with E-state index < -0.39 is 8.37 Å². The predicted molar refractivity (Wildman–Crippen MR) is 586 cm³/mol. The minimum absolute atomic E-state index is 0.0205. The van der Waals surface area contributed by atoms with Crippen molar-refractivity contribution < 1.29 is 0 Å². The maximum atomic E-state index is 5.44. The van der Waals surface area contributed by atoms with Crippen molar-refractivity contribution in [1.29, 1.82) is 0 Å². The van der Waals surface area contributed by atoms with Gasteiger partial charge in [0, 0.05) is 38.5 Å². The highest BCUT2D eigenvalue weighted by molar-refractivity contribution is 7.57. The Hall–Kier alpha value is -15.9. The Balaban J connectivity index is 0.000000115. The fourth-order valence-electron chi connectivity index (χ4n) is 19.3. The number of benzene rings is 21. The van der Waals surface area contributed by atoms with Crippen molar-refractivity contribution in [3.05, 3.63) is 491 Å². The van der Waals surface area contributed by atoms with Gasteiger partial charge in [0.1, 0.15) is 28.1 Å². The van der Waals surface area contributed by atoms with Crippen molar-refractivity contribution >= 4 is 135 Å². The van der Waals surface area contributed by atoms with E-state index in [1.165, 1.54) is 171 Å². The Bertz CT molecular complexity index is 8030. The first-order chi connectivity index (χ1) is 67.4. The van der Waals surface area contributed by atoms with E-state index >= 15 is 0 Å². The van der Waals surface area contributed by atoms with Crippen LogP contribution in [0.25, 0.3) is 193 Å². The highest BCUT2D eigenvalue weighted by Crippen LogP contribution is 2.55. The molecule has 0 bridgehead atoms. The Kier molecular flexibility index (Phi) is 25.4. The molecule has 652 valence electrons. The number of nitrogens with two attached hydrogens (primary N) is 2. The number of nitrogens with one attached hydrogen (secondary N) is 1. The molecule has 25 rings (SSSR count). The molecule has 12 heteroatoms. The maximum Gasteiger partial charge on any atom is 0.196 e. The Morgan fingerprint density at radius 3 is 0.875 bits per heavy atom. The largest absolute Gasteiger partial charge is 0.399 e. The third kappa shape index (κ3) is 17.2. The fraction of sp³-hybridized carbons (Fsp3) is 0.0403. The third-order valence-corrected chi connectivity index (χ3v) is 28.9. The van der Waals surface area contributed by atoms with Crippen molar-refractivity contribution in [2.45, 2.75) is 19.4 Å². The maximum absolute atomic E-state index is 5.44. The second-order valence-corrected chi connectivity index (χ2v) is 36.9. The van der Waals surface area contributed by atoms with Gasteiger partial charge in [0.15, 0.2) is 8.37 Å². The molecule has 1 aliphatic heterocycles. The van der Waals surface area contributed by atoms with Crippen LogP contribution >= 0.6 is 25.4 Å². The van der Waals surface area contributed by atoms with Gasteiger partial charge in [0.25, 0.3) is 0 Å². The van der Waals surface area contributed by atoms with Crippen molar-refractivity contribution in [1.82, 2.24) is 23.2 Å². The van der Waals surface area contributed by atoms with E-state index in [9.17, 15) is 0 Å². The molecule has 0 saturated carbocycles. The number of fused-ring (bicyclic) bond motifs is 9. The minimum Gasteiger partial charge on any atom is -0.399 e. The fourth-order valence-corrected chi connectivity index (χ4v) is 22.8. The van der Waals surface area contributed by atoms with E-state index in [0.717, 1.165) is 74.6 Å². The molecule has 2 atom stereocenters. The van der Waals surface area contributed by atoms with E-state index in [1.54, 1.807) is 0 Å². The molecule has 23 aromatic rings. The quantitative estimate of drug-likeness (QED) is 0.0738. The van der Waals surface area contributed by atoms with Gasteiger partial charge in [0.2, 0.25) is 0 Å². The molecule has 0 radical (unpaired) electrons. The molecular formula is C124H96N9P3. The molecule has 136 heavy (non-hydrogen) atoms. The van der Waals surface area contributed by atoms with Crippen LogP contribution in [0.4, 0.5) is 11.4 Å². The number of para-hydroxylation sites is 1. The van der Waals surface area contributed by atoms with Crippen LogP contribution < -0.4 is 21.2 Å². The summed E-state index contributed by atoms with van der Waals surface area (Å²) in [6.07, 6.45) is 7.86. The Morgan fingerprint density at radius 2 is 0.559 bits per heavy atom. The lowest BCUT2D eigenvalue weighted by Crippen LogP contribution is -2.34. The Labute approximate surface area is 797 Å². The van der Waals surface area contributed by atoms with Crippen LogP contribution in [-0.2, 0) is 0 Å². The molecule has 2 unspecified atom stereocenters. The van der Waals surface area contributed by atoms with Gasteiger partial charge in [-0.25, -0.2) is 14.3 Å². The van der Waals surface area contributed by atoms with E-state index in [-0.39, 0.29) is 6.04 Å². The zero-order valence-corrected chi connectivity index (χ0v) is 78.0. The lowest BCUT2D eigenvalue weighted by Gasteiger charge is -2.32. The summed E-state index contributed by atoms with van der Waals surface area (Å²) in [4.78, 5) is 0. The van der Waals surface area contributed by atoms with Crippen molar-refractivity contribution in [2.75, 3.05) is 24.0 Å². The number of nitrogen functional groups attached to an aromatic ring is 1. The molecule has 0 fully saturated rings. The highest BCUT2D eigenvalue weighted by Gasteiger charge is 2.40. The van der Waals surface area contributed by atoms with E-state index in [0.29, 0.717) is 0 Å². The summed E-state index contributed by atoms with van der Waals surface area (Å²) >= 11 is 0. The van der Waals surface area contributed by atoms with Gasteiger partial charge in [-0.05, 0) is 194 Å². The molecule has 1 aliphatic carbocycles. The first-order valence-corrected chi connectivity index (χ1v) is 49.1. The van der Waals surface area contributed by atoms with Crippen LogP contribution in [0.5, 0.6) is 0 Å². The molecule has 0 spiro atoms. The topological polar surface area (TPSA) is 115 Å². The average Bonchev–Trinajstić information content (AvgIpc) is 1.48. The molecule has 0 amide bonds. The molecule has 2 aliphatic rings. The predicted octanol–water partition coefficient (Wildman–Crippen LogP) is 33.5. The van der Waals surface area contributed by atoms with Crippen LogP contribution in [0.1, 0.15) is 18.9 Å². The normalized spacial score (nSPS) is 13.2. The molecule has 5 N–H and O–H groups in total. The van der Waals surface area contributed by atoms with Gasteiger partial charge in [-0.2, -0.15) is 0 Å². The second kappa shape index (κ2) is 39.9. The number of hydrogen-bond donors (Lipinski definition) is 3. The molecule has 3 heterocycles. The zero-order valence-electron chi connectivity index (χ0n) is 75.4. The first kappa shape index (κ1) is 86.8. The molecular weight excluding hydrogens is 1710 g/mol. The summed E-state index contributed by atoms with van der Waals surface area (Å²) < 4.78 is 22.9. The third-order valence-electron chi connectivity index (χ3n) is 25.5. The highest BCUT2D eigenvalue weighted by atomic mass is 31.1. The summed E-state index contributed by atoms with van der Waals surface area (Å²) in [5.41, 5.74) is 42.1. The zero-order chi connectivity index (χ0) is 91.6. The molecule has 0 saturated heterocycles. The van der Waals surface area contributed by atoms with Crippen molar-refractivity contribution in [3.63, 3.8) is 0 Å². The smallest absolute Gasteiger partial charge is 0.196 e. The number of aromatic nitrogens is 4. The van der Waals surface area contributed by atoms with E-state index in [2.05, 4.69) is 480 Å². The van der Waals surface area contributed by atoms with Crippen molar-refractivity contribution in [3.8, 4) is 100 Å². The molecule has 2 aromatic heterocycles. The lowest BCUT2D eigenvalue weighted by atomic mass is 9.86. The molecule has 21 aromatic carbocycles. The van der Waals surface area contributed by atoms with E-state index in [1.807, 2.05) is 37.4 Å². The first-order valence-electron chi connectivity index (χ1n) is 46.2.